The third kappa shape index (κ3) is 3.54. The van der Waals surface area contributed by atoms with Gasteiger partial charge in [0.05, 0.1) is 5.56 Å². The van der Waals surface area contributed by atoms with Crippen LogP contribution >= 0.6 is 23.2 Å². The van der Waals surface area contributed by atoms with Gasteiger partial charge in [-0.15, -0.1) is 0 Å². The maximum absolute atomic E-state index is 13.1. The molecule has 1 N–H and O–H groups in total. The Kier molecular flexibility index (Phi) is 5.00. The van der Waals surface area contributed by atoms with Crippen molar-refractivity contribution in [3.8, 4) is 0 Å². The average Bonchev–Trinajstić information content (AvgIpc) is 2.45. The topological polar surface area (TPSA) is 33.1 Å². The van der Waals surface area contributed by atoms with Gasteiger partial charge in [0, 0.05) is 5.56 Å². The van der Waals surface area contributed by atoms with E-state index in [1.807, 2.05) is 6.92 Å². The number of nitrogens with zero attached hydrogens (tertiary/aromatic N) is 1. The Bertz CT molecular complexity index is 672. The first-order valence-electron chi connectivity index (χ1n) is 6.44. The standard InChI is InChI=1S/C15H12Cl2F3NO/c1-2-8-3-5-9(6-4-8)13(22)12-10(15(18,19)20)7-11(16)21-14(12)17/h3-7,13,22H,2H2,1H3. The number of rotatable bonds is 3. The lowest BCUT2D eigenvalue weighted by atomic mass is 9.97. The van der Waals surface area contributed by atoms with E-state index >= 15 is 0 Å². The molecule has 22 heavy (non-hydrogen) atoms. The Morgan fingerprint density at radius 2 is 1.77 bits per heavy atom. The van der Waals surface area contributed by atoms with Crippen LogP contribution in [0.5, 0.6) is 0 Å². The van der Waals surface area contributed by atoms with Crippen LogP contribution in [-0.4, -0.2) is 10.1 Å². The van der Waals surface area contributed by atoms with Gasteiger partial charge in [-0.25, -0.2) is 4.98 Å². The summed E-state index contributed by atoms with van der Waals surface area (Å²) in [5.74, 6) is 0. The first-order chi connectivity index (χ1) is 10.2. The van der Waals surface area contributed by atoms with Crippen LogP contribution in [0.25, 0.3) is 0 Å². The molecule has 0 amide bonds. The molecule has 0 saturated carbocycles. The number of hydrogen-bond acceptors (Lipinski definition) is 2. The molecule has 2 rings (SSSR count). The van der Waals surface area contributed by atoms with Gasteiger partial charge in [-0.1, -0.05) is 54.4 Å². The van der Waals surface area contributed by atoms with Crippen molar-refractivity contribution in [3.63, 3.8) is 0 Å². The van der Waals surface area contributed by atoms with Crippen molar-refractivity contribution < 1.29 is 18.3 Å². The van der Waals surface area contributed by atoms with E-state index in [1.54, 1.807) is 24.3 Å². The zero-order chi connectivity index (χ0) is 16.5. The molecule has 1 aromatic heterocycles. The fourth-order valence-electron chi connectivity index (χ4n) is 2.09. The van der Waals surface area contributed by atoms with E-state index in [1.165, 1.54) is 0 Å². The number of halogens is 5. The lowest BCUT2D eigenvalue weighted by Crippen LogP contribution is -2.14. The van der Waals surface area contributed by atoms with Gasteiger partial charge in [-0.2, -0.15) is 13.2 Å². The molecule has 118 valence electrons. The lowest BCUT2D eigenvalue weighted by Gasteiger charge is -2.19. The lowest BCUT2D eigenvalue weighted by molar-refractivity contribution is -0.139. The van der Waals surface area contributed by atoms with Gasteiger partial charge in [0.1, 0.15) is 16.4 Å². The van der Waals surface area contributed by atoms with Gasteiger partial charge < -0.3 is 5.11 Å². The summed E-state index contributed by atoms with van der Waals surface area (Å²) < 4.78 is 39.4. The van der Waals surface area contributed by atoms with Crippen LogP contribution in [0.15, 0.2) is 30.3 Å². The number of benzene rings is 1. The van der Waals surface area contributed by atoms with E-state index in [0.717, 1.165) is 12.0 Å². The number of aliphatic hydroxyl groups is 1. The van der Waals surface area contributed by atoms with Crippen LogP contribution in [0.4, 0.5) is 13.2 Å². The molecule has 0 aliphatic carbocycles. The Labute approximate surface area is 135 Å². The summed E-state index contributed by atoms with van der Waals surface area (Å²) in [6.07, 6.45) is -5.46. The molecule has 1 heterocycles. The van der Waals surface area contributed by atoms with Crippen molar-refractivity contribution in [2.75, 3.05) is 0 Å². The highest BCUT2D eigenvalue weighted by atomic mass is 35.5. The van der Waals surface area contributed by atoms with Crippen molar-refractivity contribution in [2.45, 2.75) is 25.6 Å². The Hall–Kier alpha value is -1.30. The average molecular weight is 350 g/mol. The molecule has 1 aromatic carbocycles. The van der Waals surface area contributed by atoms with E-state index in [0.29, 0.717) is 11.6 Å². The summed E-state index contributed by atoms with van der Waals surface area (Å²) in [5.41, 5.74) is -0.284. The minimum atomic E-state index is -4.70. The van der Waals surface area contributed by atoms with Crippen molar-refractivity contribution in [2.24, 2.45) is 0 Å². The summed E-state index contributed by atoms with van der Waals surface area (Å²) in [4.78, 5) is 3.60. The van der Waals surface area contributed by atoms with E-state index in [9.17, 15) is 18.3 Å². The molecular weight excluding hydrogens is 338 g/mol. The predicted octanol–water partition coefficient (Wildman–Crippen LogP) is 5.05. The summed E-state index contributed by atoms with van der Waals surface area (Å²) in [6, 6.07) is 7.27. The summed E-state index contributed by atoms with van der Waals surface area (Å²) in [5, 5.41) is 9.46. The zero-order valence-corrected chi connectivity index (χ0v) is 13.0. The second-order valence-corrected chi connectivity index (χ2v) is 5.44. The molecule has 7 heteroatoms. The molecule has 0 saturated heterocycles. The highest BCUT2D eigenvalue weighted by Crippen LogP contribution is 2.40. The number of hydrogen-bond donors (Lipinski definition) is 1. The number of pyridine rings is 1. The van der Waals surface area contributed by atoms with E-state index in [-0.39, 0.29) is 5.15 Å². The Balaban J connectivity index is 2.54. The summed E-state index contributed by atoms with van der Waals surface area (Å²) >= 11 is 11.3. The fraction of sp³-hybridized carbons (Fsp3) is 0.267. The Morgan fingerprint density at radius 3 is 2.27 bits per heavy atom. The highest BCUT2D eigenvalue weighted by molar-refractivity contribution is 6.33. The van der Waals surface area contributed by atoms with Gasteiger partial charge in [0.15, 0.2) is 0 Å². The predicted molar refractivity (Wildman–Crippen MR) is 79.1 cm³/mol. The molecule has 2 aromatic rings. The molecule has 0 aliphatic rings. The maximum Gasteiger partial charge on any atom is 0.417 e. The smallest absolute Gasteiger partial charge is 0.384 e. The van der Waals surface area contributed by atoms with Gasteiger partial charge in [-0.05, 0) is 23.6 Å². The van der Waals surface area contributed by atoms with Gasteiger partial charge in [0.25, 0.3) is 0 Å². The first kappa shape index (κ1) is 17.1. The highest BCUT2D eigenvalue weighted by Gasteiger charge is 2.37. The third-order valence-corrected chi connectivity index (χ3v) is 3.75. The van der Waals surface area contributed by atoms with Crippen LogP contribution in [0.1, 0.15) is 35.3 Å². The van der Waals surface area contributed by atoms with E-state index < -0.39 is 28.6 Å². The van der Waals surface area contributed by atoms with Crippen LogP contribution in [0, 0.1) is 0 Å². The zero-order valence-electron chi connectivity index (χ0n) is 11.5. The molecule has 0 radical (unpaired) electrons. The molecule has 0 spiro atoms. The van der Waals surface area contributed by atoms with Crippen LogP contribution in [-0.2, 0) is 12.6 Å². The summed E-state index contributed by atoms with van der Waals surface area (Å²) in [7, 11) is 0. The molecular formula is C15H12Cl2F3NO. The van der Waals surface area contributed by atoms with Crippen LogP contribution in [0.3, 0.4) is 0 Å². The van der Waals surface area contributed by atoms with Crippen molar-refractivity contribution in [1.82, 2.24) is 4.98 Å². The number of aromatic nitrogens is 1. The molecule has 1 unspecified atom stereocenters. The van der Waals surface area contributed by atoms with E-state index in [2.05, 4.69) is 4.98 Å². The first-order valence-corrected chi connectivity index (χ1v) is 7.19. The van der Waals surface area contributed by atoms with Crippen molar-refractivity contribution >= 4 is 23.2 Å². The Morgan fingerprint density at radius 1 is 1.18 bits per heavy atom. The second kappa shape index (κ2) is 6.44. The van der Waals surface area contributed by atoms with Gasteiger partial charge in [-0.3, -0.25) is 0 Å². The molecule has 0 fully saturated rings. The molecule has 0 aliphatic heterocycles. The van der Waals surface area contributed by atoms with Crippen LogP contribution < -0.4 is 0 Å². The van der Waals surface area contributed by atoms with E-state index in [4.69, 9.17) is 23.2 Å². The minimum Gasteiger partial charge on any atom is -0.384 e. The van der Waals surface area contributed by atoms with Crippen molar-refractivity contribution in [1.29, 1.82) is 0 Å². The van der Waals surface area contributed by atoms with Gasteiger partial charge in [0.2, 0.25) is 0 Å². The molecule has 0 bridgehead atoms. The molecule has 1 atom stereocenters. The normalized spacial score (nSPS) is 13.2. The quantitative estimate of drug-likeness (QED) is 0.786. The molecule has 2 nitrogen and oxygen atoms in total. The second-order valence-electron chi connectivity index (χ2n) is 4.69. The van der Waals surface area contributed by atoms with Gasteiger partial charge >= 0.3 is 6.18 Å². The monoisotopic (exact) mass is 349 g/mol. The fourth-order valence-corrected chi connectivity index (χ4v) is 2.62. The third-order valence-electron chi connectivity index (χ3n) is 3.26. The van der Waals surface area contributed by atoms with Crippen LogP contribution in [0.2, 0.25) is 10.3 Å². The van der Waals surface area contributed by atoms with Crippen molar-refractivity contribution in [3.05, 3.63) is 62.9 Å². The largest absolute Gasteiger partial charge is 0.417 e. The minimum absolute atomic E-state index is 0.300. The number of aliphatic hydroxyl groups excluding tert-OH is 1. The summed E-state index contributed by atoms with van der Waals surface area (Å²) in [6.45, 7) is 1.95. The maximum atomic E-state index is 13.1. The SMILES string of the molecule is CCc1ccc(C(O)c2c(C(F)(F)F)cc(Cl)nc2Cl)cc1. The number of aryl methyl sites for hydroxylation is 1. The number of alkyl halides is 3.